The molecule has 1 heterocycles. The molecule has 39 heavy (non-hydrogen) atoms. The first-order chi connectivity index (χ1) is 19.1. The van der Waals surface area contributed by atoms with Crippen molar-refractivity contribution in [2.24, 2.45) is 0 Å². The van der Waals surface area contributed by atoms with Crippen molar-refractivity contribution in [1.82, 2.24) is 4.57 Å². The molecule has 0 bridgehead atoms. The lowest BCUT2D eigenvalue weighted by atomic mass is 9.92. The van der Waals surface area contributed by atoms with Crippen LogP contribution in [0.5, 0.6) is 0 Å². The van der Waals surface area contributed by atoms with Crippen molar-refractivity contribution in [2.75, 3.05) is 0 Å². The molecule has 4 heteroatoms. The van der Waals surface area contributed by atoms with Crippen LogP contribution in [-0.4, -0.2) is 4.57 Å². The zero-order valence-corrected chi connectivity index (χ0v) is 21.5. The van der Waals surface area contributed by atoms with Crippen LogP contribution >= 0.6 is 0 Å². The summed E-state index contributed by atoms with van der Waals surface area (Å²) >= 11 is 0. The summed E-state index contributed by atoms with van der Waals surface area (Å²) in [7, 11) is 0. The summed E-state index contributed by atoms with van der Waals surface area (Å²) in [6, 6.07) is 39.9. The molecule has 0 aliphatic rings. The van der Waals surface area contributed by atoms with E-state index in [0.717, 1.165) is 44.1 Å². The fourth-order valence-corrected chi connectivity index (χ4v) is 5.56. The number of fused-ring (bicyclic) bond motifs is 3. The summed E-state index contributed by atoms with van der Waals surface area (Å²) in [6.45, 7) is 3.56. The lowest BCUT2D eigenvalue weighted by Gasteiger charge is -2.17. The summed E-state index contributed by atoms with van der Waals surface area (Å²) in [5, 5.41) is 32.4. The molecule has 0 saturated heterocycles. The number of hydrogen-bond acceptors (Lipinski definition) is 3. The zero-order chi connectivity index (χ0) is 27.1. The second-order valence-electron chi connectivity index (χ2n) is 9.59. The van der Waals surface area contributed by atoms with E-state index in [4.69, 9.17) is 0 Å². The van der Waals surface area contributed by atoms with E-state index >= 15 is 0 Å². The van der Waals surface area contributed by atoms with Gasteiger partial charge in [0, 0.05) is 10.8 Å². The van der Waals surface area contributed by atoms with E-state index in [1.165, 1.54) is 0 Å². The van der Waals surface area contributed by atoms with Crippen LogP contribution in [0.4, 0.5) is 0 Å². The molecule has 0 unspecified atom stereocenters. The second-order valence-corrected chi connectivity index (χ2v) is 9.59. The Hall–Kier alpha value is -5.63. The summed E-state index contributed by atoms with van der Waals surface area (Å²) in [5.41, 5.74) is 8.93. The Morgan fingerprint density at radius 3 is 1.28 bits per heavy atom. The van der Waals surface area contributed by atoms with Gasteiger partial charge >= 0.3 is 0 Å². The van der Waals surface area contributed by atoms with E-state index in [0.29, 0.717) is 33.5 Å². The van der Waals surface area contributed by atoms with E-state index in [1.54, 1.807) is 13.8 Å². The molecule has 0 radical (unpaired) electrons. The van der Waals surface area contributed by atoms with Crippen LogP contribution in [-0.2, 0) is 0 Å². The Morgan fingerprint density at radius 2 is 0.897 bits per heavy atom. The van der Waals surface area contributed by atoms with Crippen LogP contribution in [0.3, 0.4) is 0 Å². The van der Waals surface area contributed by atoms with Gasteiger partial charge < -0.3 is 4.57 Å². The lowest BCUT2D eigenvalue weighted by molar-refractivity contribution is 1.12. The fourth-order valence-electron chi connectivity index (χ4n) is 5.56. The van der Waals surface area contributed by atoms with Gasteiger partial charge in [0.05, 0.1) is 39.5 Å². The van der Waals surface area contributed by atoms with E-state index in [-0.39, 0.29) is 0 Å². The Labute approximate surface area is 226 Å². The van der Waals surface area contributed by atoms with Crippen molar-refractivity contribution in [1.29, 1.82) is 15.8 Å². The highest BCUT2D eigenvalue weighted by Crippen LogP contribution is 2.40. The van der Waals surface area contributed by atoms with E-state index in [9.17, 15) is 15.8 Å². The number of aromatic nitrogens is 1. The minimum atomic E-state index is 0.340. The molecule has 0 aliphatic carbocycles. The van der Waals surface area contributed by atoms with Gasteiger partial charge in [-0.15, -0.1) is 0 Å². The number of nitrogens with zero attached hydrogens (tertiary/aromatic N) is 4. The Morgan fingerprint density at radius 1 is 0.487 bits per heavy atom. The maximum atomic E-state index is 10.3. The van der Waals surface area contributed by atoms with Crippen LogP contribution < -0.4 is 0 Å². The van der Waals surface area contributed by atoms with E-state index in [1.807, 2.05) is 41.0 Å². The molecule has 0 spiro atoms. The lowest BCUT2D eigenvalue weighted by Crippen LogP contribution is -2.07. The van der Waals surface area contributed by atoms with Crippen molar-refractivity contribution in [3.63, 3.8) is 0 Å². The third kappa shape index (κ3) is 3.66. The number of benzene rings is 5. The summed E-state index contributed by atoms with van der Waals surface area (Å²) < 4.78 is 2.02. The SMILES string of the molecule is Cc1c(C#N)c(C)c(C#N)c(-n2c3ccc(-c4ccccc4)cc3c3cc(-c4ccccc4)ccc32)c1C#N. The number of rotatable bonds is 3. The van der Waals surface area contributed by atoms with Crippen molar-refractivity contribution in [2.45, 2.75) is 13.8 Å². The van der Waals surface area contributed by atoms with Crippen molar-refractivity contribution in [3.05, 3.63) is 125 Å². The molecule has 0 fully saturated rings. The van der Waals surface area contributed by atoms with Crippen LogP contribution in [0, 0.1) is 47.8 Å². The number of hydrogen-bond donors (Lipinski definition) is 0. The van der Waals surface area contributed by atoms with Gasteiger partial charge in [-0.05, 0) is 71.5 Å². The van der Waals surface area contributed by atoms with Gasteiger partial charge in [0.1, 0.15) is 12.1 Å². The van der Waals surface area contributed by atoms with Crippen molar-refractivity contribution >= 4 is 21.8 Å². The Kier molecular flexibility index (Phi) is 5.69. The van der Waals surface area contributed by atoms with E-state index in [2.05, 4.69) is 78.9 Å². The van der Waals surface area contributed by atoms with Crippen molar-refractivity contribution < 1.29 is 0 Å². The first-order valence-electron chi connectivity index (χ1n) is 12.6. The quantitative estimate of drug-likeness (QED) is 0.246. The third-order valence-corrected chi connectivity index (χ3v) is 7.51. The van der Waals surface area contributed by atoms with Crippen molar-refractivity contribution in [3.8, 4) is 46.1 Å². The largest absolute Gasteiger partial charge is 0.307 e. The van der Waals surface area contributed by atoms with Gasteiger partial charge in [0.15, 0.2) is 0 Å². The Bertz CT molecular complexity index is 1910. The maximum Gasteiger partial charge on any atom is 0.102 e. The monoisotopic (exact) mass is 498 g/mol. The first kappa shape index (κ1) is 23.7. The molecule has 0 aliphatic heterocycles. The third-order valence-electron chi connectivity index (χ3n) is 7.51. The highest BCUT2D eigenvalue weighted by molar-refractivity contribution is 6.12. The highest BCUT2D eigenvalue weighted by atomic mass is 15.0. The molecule has 5 aromatic carbocycles. The van der Waals surface area contributed by atoms with Crippen LogP contribution in [0.2, 0.25) is 0 Å². The minimum Gasteiger partial charge on any atom is -0.307 e. The van der Waals surface area contributed by atoms with Gasteiger partial charge in [-0.2, -0.15) is 15.8 Å². The first-order valence-corrected chi connectivity index (χ1v) is 12.6. The molecule has 0 amide bonds. The topological polar surface area (TPSA) is 76.3 Å². The molecule has 6 rings (SSSR count). The Balaban J connectivity index is 1.77. The minimum absolute atomic E-state index is 0.340. The maximum absolute atomic E-state index is 10.3. The molecule has 1 aromatic heterocycles. The summed E-state index contributed by atoms with van der Waals surface area (Å²) in [5.74, 6) is 0. The van der Waals surface area contributed by atoms with Crippen LogP contribution in [0.15, 0.2) is 97.1 Å². The average Bonchev–Trinajstić information content (AvgIpc) is 3.30. The van der Waals surface area contributed by atoms with Crippen LogP contribution in [0.1, 0.15) is 27.8 Å². The molecular weight excluding hydrogens is 476 g/mol. The van der Waals surface area contributed by atoms with Gasteiger partial charge in [-0.25, -0.2) is 0 Å². The molecule has 6 aromatic rings. The van der Waals surface area contributed by atoms with Crippen LogP contribution in [0.25, 0.3) is 49.7 Å². The van der Waals surface area contributed by atoms with Gasteiger partial charge in [-0.1, -0.05) is 72.8 Å². The zero-order valence-electron chi connectivity index (χ0n) is 21.5. The molecule has 182 valence electrons. The fraction of sp³-hybridized carbons (Fsp3) is 0.0571. The molecule has 0 N–H and O–H groups in total. The predicted octanol–water partition coefficient (Wildman–Crippen LogP) is 8.35. The summed E-state index contributed by atoms with van der Waals surface area (Å²) in [4.78, 5) is 0. The normalized spacial score (nSPS) is 10.7. The number of nitriles is 3. The average molecular weight is 499 g/mol. The highest BCUT2D eigenvalue weighted by Gasteiger charge is 2.24. The summed E-state index contributed by atoms with van der Waals surface area (Å²) in [6.07, 6.45) is 0. The molecular formula is C35H22N4. The van der Waals surface area contributed by atoms with Gasteiger partial charge in [0.2, 0.25) is 0 Å². The molecule has 0 atom stereocenters. The second kappa shape index (κ2) is 9.35. The van der Waals surface area contributed by atoms with E-state index < -0.39 is 0 Å². The molecule has 4 nitrogen and oxygen atoms in total. The predicted molar refractivity (Wildman–Crippen MR) is 155 cm³/mol. The smallest absolute Gasteiger partial charge is 0.102 e. The van der Waals surface area contributed by atoms with Gasteiger partial charge in [0.25, 0.3) is 0 Å². The standard InChI is InChI=1S/C35H22N4/c1-22-30(19-36)23(2)32(21-38)35(31(22)20-37)39-33-15-13-26(24-9-5-3-6-10-24)17-28(33)29-18-27(14-16-34(29)39)25-11-7-4-8-12-25/h3-18H,1-2H3. The van der Waals surface area contributed by atoms with Gasteiger partial charge in [-0.3, -0.25) is 0 Å². The molecule has 0 saturated carbocycles.